The Kier molecular flexibility index (Phi) is 13.2. The topological polar surface area (TPSA) is 158 Å². The van der Waals surface area contributed by atoms with Crippen LogP contribution in [0.5, 0.6) is 5.75 Å². The van der Waals surface area contributed by atoms with Crippen molar-refractivity contribution in [2.24, 2.45) is 11.3 Å². The van der Waals surface area contributed by atoms with Gasteiger partial charge in [-0.3, -0.25) is 29.2 Å². The number of benzene rings is 2. The third kappa shape index (κ3) is 9.33. The third-order valence-electron chi connectivity index (χ3n) is 12.7. The lowest BCUT2D eigenvalue weighted by molar-refractivity contribution is -0.155. The van der Waals surface area contributed by atoms with Crippen LogP contribution in [-0.2, 0) is 43.3 Å². The predicted octanol–water partition coefficient (Wildman–Crippen LogP) is 6.10. The number of nitrogens with zero attached hydrogens (tertiary/aromatic N) is 4. The fraction of sp³-hybridized carbons (Fsp3) is 0.521. The van der Waals surface area contributed by atoms with Crippen molar-refractivity contribution in [1.82, 2.24) is 35.5 Å². The number of fused-ring (bicyclic) bond motifs is 6. The van der Waals surface area contributed by atoms with E-state index in [1.165, 1.54) is 9.91 Å². The predicted molar refractivity (Wildman–Crippen MR) is 236 cm³/mol. The average molecular weight is 834 g/mol. The number of phenols is 1. The van der Waals surface area contributed by atoms with Gasteiger partial charge < -0.3 is 29.9 Å². The van der Waals surface area contributed by atoms with Gasteiger partial charge in [0, 0.05) is 54.6 Å². The SMILES string of the molecule is CCn1c(-c2cccnc2C(C)C)c2c3cc(ccc31)-c1cc(O)cc(c1)C[C@H](NC(=O)[C@H](C1CCCC1)N(C)C(=O)CNC)C(=O)N1CCC[C@H](N1)C(=O)OCC(C)(C)C2. The largest absolute Gasteiger partial charge is 0.508 e. The van der Waals surface area contributed by atoms with Gasteiger partial charge in [0.25, 0.3) is 5.91 Å². The molecule has 3 amide bonds. The van der Waals surface area contributed by atoms with E-state index in [-0.39, 0.29) is 43.1 Å². The summed E-state index contributed by atoms with van der Waals surface area (Å²) >= 11 is 0. The molecule has 4 N–H and O–H groups in total. The molecule has 13 nitrogen and oxygen atoms in total. The highest BCUT2D eigenvalue weighted by Gasteiger charge is 2.40. The number of cyclic esters (lactones) is 1. The molecule has 3 atom stereocenters. The number of ether oxygens (including phenoxy) is 1. The van der Waals surface area contributed by atoms with Crippen LogP contribution in [0.2, 0.25) is 0 Å². The molecule has 3 aliphatic rings. The minimum absolute atomic E-state index is 0.0322. The van der Waals surface area contributed by atoms with E-state index in [0.717, 1.165) is 76.8 Å². The number of likely N-dealkylation sites (N-methyl/N-ethyl adjacent to an activating group) is 2. The van der Waals surface area contributed by atoms with E-state index in [4.69, 9.17) is 9.72 Å². The number of carbonyl (C=O) groups is 4. The number of pyridine rings is 1. The minimum atomic E-state index is -1.08. The number of carbonyl (C=O) groups excluding carboxylic acids is 4. The van der Waals surface area contributed by atoms with Gasteiger partial charge in [0.15, 0.2) is 0 Å². The Morgan fingerprint density at radius 1 is 1.05 bits per heavy atom. The van der Waals surface area contributed by atoms with Gasteiger partial charge in [0.2, 0.25) is 11.8 Å². The smallest absolute Gasteiger partial charge is 0.324 e. The van der Waals surface area contributed by atoms with Crippen molar-refractivity contribution in [2.45, 2.75) is 117 Å². The molecule has 61 heavy (non-hydrogen) atoms. The number of nitrogens with one attached hydrogen (secondary N) is 3. The number of amides is 3. The van der Waals surface area contributed by atoms with Crippen LogP contribution in [0.25, 0.3) is 33.3 Å². The van der Waals surface area contributed by atoms with E-state index in [1.54, 1.807) is 26.2 Å². The summed E-state index contributed by atoms with van der Waals surface area (Å²) in [5.74, 6) is -1.32. The number of hydrogen-bond acceptors (Lipinski definition) is 9. The number of aromatic nitrogens is 2. The number of phenolic OH excluding ortho intramolecular Hbond substituents is 1. The Morgan fingerprint density at radius 3 is 2.54 bits per heavy atom. The van der Waals surface area contributed by atoms with E-state index in [2.05, 4.69) is 79.5 Å². The summed E-state index contributed by atoms with van der Waals surface area (Å²) in [6, 6.07) is 13.2. The van der Waals surface area contributed by atoms with Crippen molar-refractivity contribution in [3.05, 3.63) is 71.5 Å². The van der Waals surface area contributed by atoms with Crippen molar-refractivity contribution in [2.75, 3.05) is 33.8 Å². The van der Waals surface area contributed by atoms with Crippen LogP contribution in [0.4, 0.5) is 0 Å². The Labute approximate surface area is 359 Å². The molecular weight excluding hydrogens is 771 g/mol. The van der Waals surface area contributed by atoms with Crippen molar-refractivity contribution < 1.29 is 29.0 Å². The molecule has 1 saturated heterocycles. The number of aryl methyl sites for hydroxylation is 1. The first-order chi connectivity index (χ1) is 29.2. The number of aromatic hydroxyl groups is 1. The van der Waals surface area contributed by atoms with Crippen molar-refractivity contribution in [3.8, 4) is 28.1 Å². The molecule has 1 saturated carbocycles. The first-order valence-corrected chi connectivity index (χ1v) is 22.1. The molecule has 1 aliphatic carbocycles. The molecule has 7 rings (SSSR count). The van der Waals surface area contributed by atoms with E-state index >= 15 is 0 Å². The minimum Gasteiger partial charge on any atom is -0.508 e. The molecule has 4 heterocycles. The van der Waals surface area contributed by atoms with Crippen LogP contribution in [0.15, 0.2) is 54.7 Å². The van der Waals surface area contributed by atoms with Crippen LogP contribution < -0.4 is 16.1 Å². The highest BCUT2D eigenvalue weighted by molar-refractivity contribution is 5.96. The van der Waals surface area contributed by atoms with E-state index in [9.17, 15) is 24.3 Å². The van der Waals surface area contributed by atoms with Crippen LogP contribution in [0.1, 0.15) is 95.9 Å². The summed E-state index contributed by atoms with van der Waals surface area (Å²) in [6.45, 7) is 11.9. The van der Waals surface area contributed by atoms with Gasteiger partial charge in [0.05, 0.1) is 24.5 Å². The monoisotopic (exact) mass is 833 g/mol. The number of hydrogen-bond donors (Lipinski definition) is 4. The van der Waals surface area contributed by atoms with Crippen LogP contribution in [0.3, 0.4) is 0 Å². The first-order valence-electron chi connectivity index (χ1n) is 22.1. The average Bonchev–Trinajstić information content (AvgIpc) is 3.87. The molecule has 6 bridgehead atoms. The molecule has 4 aromatic rings. The van der Waals surface area contributed by atoms with Gasteiger partial charge in [-0.2, -0.15) is 0 Å². The highest BCUT2D eigenvalue weighted by Crippen LogP contribution is 2.42. The van der Waals surface area contributed by atoms with Crippen LogP contribution >= 0.6 is 0 Å². The standard InChI is InChI=1S/C48H63N7O6/c1-8-54-40-18-17-32-25-36(40)37(44(54)35-15-11-19-50-42(35)29(2)3)26-48(4,5)28-61-47(60)38-16-12-20-55(52-38)46(59)39(23-30-21-33(32)24-34(56)22-30)51-45(58)43(31-13-9-10-14-31)53(7)41(57)27-49-6/h11,15,17-19,21-22,24-25,29,31,38-39,43,49,52,56H,8-10,12-14,16,20,23,26-28H2,1-7H3,(H,51,58)/t38-,39-,43-/m0/s1. The summed E-state index contributed by atoms with van der Waals surface area (Å²) in [6.07, 6.45) is 7.05. The van der Waals surface area contributed by atoms with E-state index in [1.807, 2.05) is 18.3 Å². The lowest BCUT2D eigenvalue weighted by atomic mass is 9.83. The van der Waals surface area contributed by atoms with Gasteiger partial charge in [-0.1, -0.05) is 52.7 Å². The zero-order valence-electron chi connectivity index (χ0n) is 36.8. The summed E-state index contributed by atoms with van der Waals surface area (Å²) in [4.78, 5) is 62.5. The third-order valence-corrected chi connectivity index (χ3v) is 12.7. The summed E-state index contributed by atoms with van der Waals surface area (Å²) in [7, 11) is 3.34. The summed E-state index contributed by atoms with van der Waals surface area (Å²) < 4.78 is 8.46. The van der Waals surface area contributed by atoms with Gasteiger partial charge in [-0.05, 0) is 117 Å². The molecule has 326 valence electrons. The Balaban J connectivity index is 1.36. The number of hydrazine groups is 1. The van der Waals surface area contributed by atoms with Crippen LogP contribution in [0, 0.1) is 11.3 Å². The molecule has 2 aromatic heterocycles. The fourth-order valence-corrected chi connectivity index (χ4v) is 9.76. The first kappa shape index (κ1) is 43.8. The van der Waals surface area contributed by atoms with Crippen molar-refractivity contribution in [1.29, 1.82) is 0 Å². The Hall–Kier alpha value is -5.27. The fourth-order valence-electron chi connectivity index (χ4n) is 9.76. The van der Waals surface area contributed by atoms with Crippen molar-refractivity contribution in [3.63, 3.8) is 0 Å². The number of esters is 1. The maximum Gasteiger partial charge on any atom is 0.324 e. The second-order valence-corrected chi connectivity index (χ2v) is 18.3. The Morgan fingerprint density at radius 2 is 1.82 bits per heavy atom. The second-order valence-electron chi connectivity index (χ2n) is 18.3. The number of rotatable bonds is 9. The summed E-state index contributed by atoms with van der Waals surface area (Å²) in [5, 5.41) is 19.7. The molecule has 13 heteroatoms. The maximum atomic E-state index is 14.6. The Bertz CT molecular complexity index is 2280. The molecule has 2 fully saturated rings. The van der Waals surface area contributed by atoms with Gasteiger partial charge >= 0.3 is 5.97 Å². The van der Waals surface area contributed by atoms with Crippen LogP contribution in [-0.4, -0.2) is 100 Å². The van der Waals surface area contributed by atoms with Gasteiger partial charge in [-0.15, -0.1) is 0 Å². The zero-order chi connectivity index (χ0) is 43.6. The molecule has 2 aliphatic heterocycles. The van der Waals surface area contributed by atoms with Gasteiger partial charge in [0.1, 0.15) is 23.9 Å². The van der Waals surface area contributed by atoms with Crippen molar-refractivity contribution >= 4 is 34.6 Å². The maximum absolute atomic E-state index is 14.6. The second kappa shape index (κ2) is 18.4. The lowest BCUT2D eigenvalue weighted by Gasteiger charge is -2.37. The molecule has 2 aromatic carbocycles. The normalized spacial score (nSPS) is 20.4. The quantitative estimate of drug-likeness (QED) is 0.146. The highest BCUT2D eigenvalue weighted by atomic mass is 16.5. The molecule has 0 unspecified atom stereocenters. The lowest BCUT2D eigenvalue weighted by Crippen LogP contribution is -2.62. The molecule has 0 spiro atoms. The zero-order valence-corrected chi connectivity index (χ0v) is 36.8. The molecular formula is C48H63N7O6. The van der Waals surface area contributed by atoms with Gasteiger partial charge in [-0.25, -0.2) is 5.43 Å². The van der Waals surface area contributed by atoms with E-state index in [0.29, 0.717) is 31.4 Å². The van der Waals surface area contributed by atoms with E-state index < -0.39 is 41.3 Å². The molecule has 0 radical (unpaired) electrons. The summed E-state index contributed by atoms with van der Waals surface area (Å²) in [5.41, 5.74) is 10.3.